The van der Waals surface area contributed by atoms with Crippen molar-refractivity contribution in [3.63, 3.8) is 0 Å². The number of rotatable bonds is 2. The SMILES string of the molecule is CCOC(=O)N1CCN(c2nnc(C)c3ccccc23)CC1. The van der Waals surface area contributed by atoms with Crippen LogP contribution in [-0.4, -0.2) is 54.0 Å². The van der Waals surface area contributed by atoms with E-state index in [2.05, 4.69) is 27.2 Å². The van der Waals surface area contributed by atoms with Crippen molar-refractivity contribution >= 4 is 22.7 Å². The van der Waals surface area contributed by atoms with Gasteiger partial charge in [0.25, 0.3) is 0 Å². The summed E-state index contributed by atoms with van der Waals surface area (Å²) in [6.45, 7) is 6.96. The van der Waals surface area contributed by atoms with E-state index in [1.165, 1.54) is 0 Å². The maximum atomic E-state index is 11.8. The maximum absolute atomic E-state index is 11.8. The van der Waals surface area contributed by atoms with E-state index in [9.17, 15) is 4.79 Å². The zero-order valence-corrected chi connectivity index (χ0v) is 13.0. The van der Waals surface area contributed by atoms with Gasteiger partial charge in [-0.15, -0.1) is 5.10 Å². The maximum Gasteiger partial charge on any atom is 0.409 e. The summed E-state index contributed by atoms with van der Waals surface area (Å²) in [6, 6.07) is 8.17. The van der Waals surface area contributed by atoms with E-state index in [1.807, 2.05) is 26.0 Å². The Bertz CT molecular complexity index is 681. The van der Waals surface area contributed by atoms with Crippen LogP contribution in [0.4, 0.5) is 10.6 Å². The zero-order chi connectivity index (χ0) is 15.5. The third kappa shape index (κ3) is 2.68. The van der Waals surface area contributed by atoms with Gasteiger partial charge in [0.15, 0.2) is 5.82 Å². The van der Waals surface area contributed by atoms with Crippen molar-refractivity contribution in [1.82, 2.24) is 15.1 Å². The van der Waals surface area contributed by atoms with Gasteiger partial charge in [-0.1, -0.05) is 24.3 Å². The highest BCUT2D eigenvalue weighted by atomic mass is 16.6. The van der Waals surface area contributed by atoms with Crippen LogP contribution in [0.1, 0.15) is 12.6 Å². The van der Waals surface area contributed by atoms with Crippen LogP contribution in [0.25, 0.3) is 10.8 Å². The lowest BCUT2D eigenvalue weighted by Crippen LogP contribution is -2.49. The highest BCUT2D eigenvalue weighted by Crippen LogP contribution is 2.26. The molecule has 6 heteroatoms. The number of aromatic nitrogens is 2. The quantitative estimate of drug-likeness (QED) is 0.851. The van der Waals surface area contributed by atoms with Crippen molar-refractivity contribution in [2.45, 2.75) is 13.8 Å². The second-order valence-corrected chi connectivity index (χ2v) is 5.33. The number of hydrogen-bond donors (Lipinski definition) is 0. The van der Waals surface area contributed by atoms with Crippen molar-refractivity contribution in [2.24, 2.45) is 0 Å². The molecule has 0 aliphatic carbocycles. The highest BCUT2D eigenvalue weighted by Gasteiger charge is 2.24. The number of anilines is 1. The third-order valence-corrected chi connectivity index (χ3v) is 3.96. The number of piperazine rings is 1. The zero-order valence-electron chi connectivity index (χ0n) is 13.0. The number of benzene rings is 1. The predicted octanol–water partition coefficient (Wildman–Crippen LogP) is 2.22. The molecule has 1 aliphatic heterocycles. The molecule has 1 aromatic heterocycles. The molecule has 116 valence electrons. The summed E-state index contributed by atoms with van der Waals surface area (Å²) in [6.07, 6.45) is -0.234. The Hall–Kier alpha value is -2.37. The number of carbonyl (C=O) groups excluding carboxylic acids is 1. The van der Waals surface area contributed by atoms with Crippen LogP contribution in [0, 0.1) is 6.92 Å². The number of ether oxygens (including phenoxy) is 1. The lowest BCUT2D eigenvalue weighted by atomic mass is 10.1. The van der Waals surface area contributed by atoms with Gasteiger partial charge in [0.1, 0.15) is 0 Å². The summed E-state index contributed by atoms with van der Waals surface area (Å²) in [4.78, 5) is 15.7. The topological polar surface area (TPSA) is 58.6 Å². The standard InChI is InChI=1S/C16H20N4O2/c1-3-22-16(21)20-10-8-19(9-11-20)15-14-7-5-4-6-13(14)12(2)17-18-15/h4-7H,3,8-11H2,1-2H3. The van der Waals surface area contributed by atoms with Crippen LogP contribution >= 0.6 is 0 Å². The van der Waals surface area contributed by atoms with Gasteiger partial charge >= 0.3 is 6.09 Å². The van der Waals surface area contributed by atoms with Crippen molar-refractivity contribution in [1.29, 1.82) is 0 Å². The largest absolute Gasteiger partial charge is 0.450 e. The van der Waals surface area contributed by atoms with Gasteiger partial charge in [-0.05, 0) is 13.8 Å². The molecule has 1 aromatic carbocycles. The van der Waals surface area contributed by atoms with Crippen molar-refractivity contribution < 1.29 is 9.53 Å². The monoisotopic (exact) mass is 300 g/mol. The van der Waals surface area contributed by atoms with Gasteiger partial charge in [-0.3, -0.25) is 0 Å². The van der Waals surface area contributed by atoms with Crippen LogP contribution in [0.3, 0.4) is 0 Å². The Morgan fingerprint density at radius 2 is 1.82 bits per heavy atom. The minimum absolute atomic E-state index is 0.234. The van der Waals surface area contributed by atoms with Gasteiger partial charge in [-0.2, -0.15) is 5.10 Å². The lowest BCUT2D eigenvalue weighted by molar-refractivity contribution is 0.105. The van der Waals surface area contributed by atoms with E-state index in [1.54, 1.807) is 4.90 Å². The first-order valence-electron chi connectivity index (χ1n) is 7.59. The molecule has 1 saturated heterocycles. The molecule has 6 nitrogen and oxygen atoms in total. The van der Waals surface area contributed by atoms with Gasteiger partial charge in [0, 0.05) is 37.0 Å². The summed E-state index contributed by atoms with van der Waals surface area (Å²) >= 11 is 0. The number of hydrogen-bond acceptors (Lipinski definition) is 5. The molecule has 0 spiro atoms. The van der Waals surface area contributed by atoms with E-state index in [-0.39, 0.29) is 6.09 Å². The normalized spacial score (nSPS) is 15.2. The van der Waals surface area contributed by atoms with Crippen molar-refractivity contribution in [3.8, 4) is 0 Å². The van der Waals surface area contributed by atoms with E-state index >= 15 is 0 Å². The molecule has 2 aromatic rings. The predicted molar refractivity (Wildman–Crippen MR) is 85.1 cm³/mol. The molecule has 22 heavy (non-hydrogen) atoms. The van der Waals surface area contributed by atoms with Crippen molar-refractivity contribution in [2.75, 3.05) is 37.7 Å². The van der Waals surface area contributed by atoms with Gasteiger partial charge < -0.3 is 14.5 Å². The molecule has 1 aliphatic rings. The van der Waals surface area contributed by atoms with Gasteiger partial charge in [0.05, 0.1) is 12.3 Å². The summed E-state index contributed by atoms with van der Waals surface area (Å²) in [5.74, 6) is 0.893. The van der Waals surface area contributed by atoms with Gasteiger partial charge in [0.2, 0.25) is 0 Å². The molecule has 0 bridgehead atoms. The Labute approximate surface area is 129 Å². The summed E-state index contributed by atoms with van der Waals surface area (Å²) < 4.78 is 5.05. The Balaban J connectivity index is 1.80. The molecule has 0 saturated carbocycles. The summed E-state index contributed by atoms with van der Waals surface area (Å²) in [7, 11) is 0. The average molecular weight is 300 g/mol. The Morgan fingerprint density at radius 1 is 1.14 bits per heavy atom. The molecular formula is C16H20N4O2. The fourth-order valence-electron chi connectivity index (χ4n) is 2.77. The number of fused-ring (bicyclic) bond motifs is 1. The Morgan fingerprint density at radius 3 is 2.50 bits per heavy atom. The number of nitrogens with zero attached hydrogens (tertiary/aromatic N) is 4. The second kappa shape index (κ2) is 6.17. The van der Waals surface area contributed by atoms with Crippen LogP contribution in [0.15, 0.2) is 24.3 Å². The Kier molecular flexibility index (Phi) is 4.09. The van der Waals surface area contributed by atoms with E-state index in [0.717, 1.165) is 35.4 Å². The fourth-order valence-corrected chi connectivity index (χ4v) is 2.77. The summed E-state index contributed by atoms with van der Waals surface area (Å²) in [5, 5.41) is 10.9. The first-order chi connectivity index (χ1) is 10.7. The third-order valence-electron chi connectivity index (χ3n) is 3.96. The lowest BCUT2D eigenvalue weighted by Gasteiger charge is -2.34. The molecule has 0 atom stereocenters. The molecule has 0 radical (unpaired) electrons. The first kappa shape index (κ1) is 14.6. The first-order valence-corrected chi connectivity index (χ1v) is 7.59. The molecular weight excluding hydrogens is 280 g/mol. The van der Waals surface area contributed by atoms with E-state index in [4.69, 9.17) is 4.74 Å². The molecule has 0 unspecified atom stereocenters. The second-order valence-electron chi connectivity index (χ2n) is 5.33. The fraction of sp³-hybridized carbons (Fsp3) is 0.438. The minimum atomic E-state index is -0.234. The molecule has 0 N–H and O–H groups in total. The number of aryl methyl sites for hydroxylation is 1. The minimum Gasteiger partial charge on any atom is -0.450 e. The van der Waals surface area contributed by atoms with Crippen molar-refractivity contribution in [3.05, 3.63) is 30.0 Å². The van der Waals surface area contributed by atoms with E-state index < -0.39 is 0 Å². The van der Waals surface area contributed by atoms with Crippen LogP contribution in [0.5, 0.6) is 0 Å². The van der Waals surface area contributed by atoms with Crippen LogP contribution in [-0.2, 0) is 4.74 Å². The molecule has 1 amide bonds. The molecule has 1 fully saturated rings. The van der Waals surface area contributed by atoms with Gasteiger partial charge in [-0.25, -0.2) is 4.79 Å². The smallest absolute Gasteiger partial charge is 0.409 e. The average Bonchev–Trinajstić information content (AvgIpc) is 2.56. The highest BCUT2D eigenvalue weighted by molar-refractivity contribution is 5.93. The number of carbonyl (C=O) groups is 1. The van der Waals surface area contributed by atoms with Crippen LogP contribution < -0.4 is 4.90 Å². The van der Waals surface area contributed by atoms with Crippen LogP contribution in [0.2, 0.25) is 0 Å². The molecule has 3 rings (SSSR count). The molecule has 2 heterocycles. The number of amides is 1. The van der Waals surface area contributed by atoms with E-state index in [0.29, 0.717) is 19.7 Å². The summed E-state index contributed by atoms with van der Waals surface area (Å²) in [5.41, 5.74) is 0.935.